The molecule has 4 aromatic rings. The average Bonchev–Trinajstić information content (AvgIpc) is 2.66. The minimum absolute atomic E-state index is 0.0925. The highest BCUT2D eigenvalue weighted by Gasteiger charge is 2.21. The Morgan fingerprint density at radius 1 is 0.786 bits per heavy atom. The van der Waals surface area contributed by atoms with Crippen LogP contribution in [-0.4, -0.2) is 12.2 Å². The van der Waals surface area contributed by atoms with Crippen molar-refractivity contribution in [2.45, 2.75) is 32.7 Å². The third-order valence-electron chi connectivity index (χ3n) is 5.46. The predicted octanol–water partition coefficient (Wildman–Crippen LogP) is 6.63. The molecule has 0 amide bonds. The largest absolute Gasteiger partial charge is 0.507 e. The summed E-state index contributed by atoms with van der Waals surface area (Å²) in [6.07, 6.45) is 0. The van der Waals surface area contributed by atoms with Crippen molar-refractivity contribution in [3.63, 3.8) is 0 Å². The van der Waals surface area contributed by atoms with Gasteiger partial charge in [0.1, 0.15) is 5.75 Å². The van der Waals surface area contributed by atoms with Crippen molar-refractivity contribution in [1.29, 1.82) is 0 Å². The van der Waals surface area contributed by atoms with E-state index >= 15 is 0 Å². The first kappa shape index (κ1) is 18.4. The maximum Gasteiger partial charge on any atom is 0.124 e. The minimum atomic E-state index is -0.0925. The molecule has 0 saturated carbocycles. The summed E-state index contributed by atoms with van der Waals surface area (Å²) in [4.78, 5) is 2.26. The molecular weight excluding hydrogens is 342 g/mol. The number of benzene rings is 4. The van der Waals surface area contributed by atoms with E-state index in [1.165, 1.54) is 27.2 Å². The number of phenolic OH excluding ortho intramolecular Hbond substituents is 1. The Labute approximate surface area is 167 Å². The van der Waals surface area contributed by atoms with Crippen LogP contribution in [0.5, 0.6) is 5.75 Å². The first-order valence-corrected chi connectivity index (χ1v) is 9.79. The highest BCUT2D eigenvalue weighted by atomic mass is 16.3. The molecule has 0 heterocycles. The van der Waals surface area contributed by atoms with Gasteiger partial charge in [0.15, 0.2) is 0 Å². The molecule has 0 aliphatic carbocycles. The monoisotopic (exact) mass is 369 g/mol. The van der Waals surface area contributed by atoms with E-state index < -0.39 is 0 Å². The second-order valence-corrected chi connectivity index (χ2v) is 8.59. The number of rotatable bonds is 3. The van der Waals surface area contributed by atoms with Gasteiger partial charge in [-0.15, -0.1) is 0 Å². The van der Waals surface area contributed by atoms with E-state index in [-0.39, 0.29) is 5.41 Å². The van der Waals surface area contributed by atoms with E-state index in [0.29, 0.717) is 12.3 Å². The first-order valence-electron chi connectivity index (χ1n) is 9.79. The van der Waals surface area contributed by atoms with Crippen LogP contribution >= 0.6 is 0 Å². The fraction of sp³-hybridized carbons (Fsp3) is 0.231. The zero-order chi connectivity index (χ0) is 19.9. The van der Waals surface area contributed by atoms with Gasteiger partial charge in [-0.1, -0.05) is 87.5 Å². The number of aromatic hydroxyl groups is 1. The molecule has 0 spiro atoms. The van der Waals surface area contributed by atoms with Crippen molar-refractivity contribution in [2.24, 2.45) is 0 Å². The Hall–Kier alpha value is -3.00. The molecule has 0 aliphatic rings. The van der Waals surface area contributed by atoms with Gasteiger partial charge in [-0.3, -0.25) is 0 Å². The van der Waals surface area contributed by atoms with Crippen LogP contribution in [0.15, 0.2) is 72.8 Å². The Morgan fingerprint density at radius 3 is 1.93 bits per heavy atom. The molecule has 4 aromatic carbocycles. The van der Waals surface area contributed by atoms with E-state index in [4.69, 9.17) is 0 Å². The second-order valence-electron chi connectivity index (χ2n) is 8.59. The maximum absolute atomic E-state index is 10.9. The number of phenols is 1. The molecule has 0 atom stereocenters. The standard InChI is InChI=1S/C26H27NO/c1-26(2,3)23-15-9-12-20(25(23)28)17-27(4)24-21-13-7-5-10-18(21)16-19-11-6-8-14-22(19)24/h5-16,28H,17H2,1-4H3. The zero-order valence-electron chi connectivity index (χ0n) is 17.0. The van der Waals surface area contributed by atoms with Gasteiger partial charge in [0.05, 0.1) is 5.69 Å². The topological polar surface area (TPSA) is 23.5 Å². The Balaban J connectivity index is 1.85. The maximum atomic E-state index is 10.9. The molecule has 0 bridgehead atoms. The fourth-order valence-corrected chi connectivity index (χ4v) is 4.06. The molecule has 0 unspecified atom stereocenters. The summed E-state index contributed by atoms with van der Waals surface area (Å²) >= 11 is 0. The highest BCUT2D eigenvalue weighted by molar-refractivity contribution is 6.11. The number of anilines is 1. The number of hydrogen-bond donors (Lipinski definition) is 1. The summed E-state index contributed by atoms with van der Waals surface area (Å²) in [7, 11) is 2.11. The van der Waals surface area contributed by atoms with Gasteiger partial charge in [0.25, 0.3) is 0 Å². The summed E-state index contributed by atoms with van der Waals surface area (Å²) in [6.45, 7) is 7.04. The molecule has 0 radical (unpaired) electrons. The Kier molecular flexibility index (Phi) is 4.50. The van der Waals surface area contributed by atoms with Gasteiger partial charge < -0.3 is 10.0 Å². The van der Waals surface area contributed by atoms with Gasteiger partial charge in [-0.2, -0.15) is 0 Å². The molecule has 2 nitrogen and oxygen atoms in total. The Bertz CT molecular complexity index is 1100. The van der Waals surface area contributed by atoms with Crippen molar-refractivity contribution in [3.05, 3.63) is 83.9 Å². The van der Waals surface area contributed by atoms with Crippen LogP contribution in [0.25, 0.3) is 21.5 Å². The molecule has 28 heavy (non-hydrogen) atoms. The highest BCUT2D eigenvalue weighted by Crippen LogP contribution is 2.38. The number of fused-ring (bicyclic) bond motifs is 2. The summed E-state index contributed by atoms with van der Waals surface area (Å²) in [6, 6.07) is 25.4. The van der Waals surface area contributed by atoms with Crippen molar-refractivity contribution in [1.82, 2.24) is 0 Å². The SMILES string of the molecule is CN(Cc1cccc(C(C)(C)C)c1O)c1c2ccccc2cc2ccccc12. The molecule has 4 rings (SSSR count). The molecular formula is C26H27NO. The predicted molar refractivity (Wildman–Crippen MR) is 120 cm³/mol. The summed E-state index contributed by atoms with van der Waals surface area (Å²) in [5, 5.41) is 15.8. The van der Waals surface area contributed by atoms with Gasteiger partial charge in [-0.05, 0) is 27.8 Å². The van der Waals surface area contributed by atoms with E-state index in [0.717, 1.165) is 11.1 Å². The van der Waals surface area contributed by atoms with Crippen LogP contribution < -0.4 is 4.90 Å². The second kappa shape index (κ2) is 6.87. The van der Waals surface area contributed by atoms with Gasteiger partial charge in [0, 0.05) is 29.9 Å². The van der Waals surface area contributed by atoms with Crippen LogP contribution in [-0.2, 0) is 12.0 Å². The third-order valence-corrected chi connectivity index (χ3v) is 5.46. The number of para-hydroxylation sites is 1. The lowest BCUT2D eigenvalue weighted by molar-refractivity contribution is 0.440. The number of nitrogens with zero attached hydrogens (tertiary/aromatic N) is 1. The molecule has 1 N–H and O–H groups in total. The lowest BCUT2D eigenvalue weighted by Gasteiger charge is -2.26. The van der Waals surface area contributed by atoms with E-state index in [1.54, 1.807) is 0 Å². The summed E-state index contributed by atoms with van der Waals surface area (Å²) in [5.41, 5.74) is 3.05. The van der Waals surface area contributed by atoms with Crippen LogP contribution in [0, 0.1) is 0 Å². The van der Waals surface area contributed by atoms with E-state index in [1.807, 2.05) is 18.2 Å². The van der Waals surface area contributed by atoms with Crippen molar-refractivity contribution >= 4 is 27.2 Å². The van der Waals surface area contributed by atoms with E-state index in [2.05, 4.69) is 87.3 Å². The van der Waals surface area contributed by atoms with Crippen molar-refractivity contribution < 1.29 is 5.11 Å². The number of hydrogen-bond acceptors (Lipinski definition) is 2. The quantitative estimate of drug-likeness (QED) is 0.410. The lowest BCUT2D eigenvalue weighted by atomic mass is 9.85. The zero-order valence-corrected chi connectivity index (χ0v) is 17.0. The molecule has 142 valence electrons. The van der Waals surface area contributed by atoms with Gasteiger partial charge in [0.2, 0.25) is 0 Å². The smallest absolute Gasteiger partial charge is 0.124 e. The summed E-state index contributed by atoms with van der Waals surface area (Å²) in [5.74, 6) is 0.409. The van der Waals surface area contributed by atoms with Crippen LogP contribution in [0.2, 0.25) is 0 Å². The van der Waals surface area contributed by atoms with Crippen LogP contribution in [0.4, 0.5) is 5.69 Å². The Morgan fingerprint density at radius 2 is 1.36 bits per heavy atom. The van der Waals surface area contributed by atoms with Gasteiger partial charge >= 0.3 is 0 Å². The molecule has 0 saturated heterocycles. The molecule has 2 heteroatoms. The van der Waals surface area contributed by atoms with Crippen molar-refractivity contribution in [3.8, 4) is 5.75 Å². The van der Waals surface area contributed by atoms with Gasteiger partial charge in [-0.25, -0.2) is 0 Å². The van der Waals surface area contributed by atoms with Crippen LogP contribution in [0.1, 0.15) is 31.9 Å². The van der Waals surface area contributed by atoms with Crippen molar-refractivity contribution in [2.75, 3.05) is 11.9 Å². The summed E-state index contributed by atoms with van der Waals surface area (Å²) < 4.78 is 0. The van der Waals surface area contributed by atoms with E-state index in [9.17, 15) is 5.11 Å². The lowest BCUT2D eigenvalue weighted by Crippen LogP contribution is -2.18. The first-order chi connectivity index (χ1) is 13.4. The third kappa shape index (κ3) is 3.20. The average molecular weight is 370 g/mol. The van der Waals surface area contributed by atoms with Crippen LogP contribution in [0.3, 0.4) is 0 Å². The minimum Gasteiger partial charge on any atom is -0.507 e. The molecule has 0 fully saturated rings. The fourth-order valence-electron chi connectivity index (χ4n) is 4.06. The molecule has 0 aliphatic heterocycles. The normalized spacial score (nSPS) is 11.9. The molecule has 0 aromatic heterocycles.